The van der Waals surface area contributed by atoms with E-state index < -0.39 is 28.8 Å². The fourth-order valence-corrected chi connectivity index (χ4v) is 3.89. The monoisotopic (exact) mass is 321 g/mol. The molecule has 1 saturated heterocycles. The first-order chi connectivity index (χ1) is 10.7. The van der Waals surface area contributed by atoms with Crippen LogP contribution < -0.4 is 10.6 Å². The van der Waals surface area contributed by atoms with Crippen molar-refractivity contribution in [1.29, 1.82) is 0 Å². The average molecular weight is 321 g/mol. The van der Waals surface area contributed by atoms with Crippen molar-refractivity contribution in [2.75, 3.05) is 4.90 Å². The second kappa shape index (κ2) is 5.28. The van der Waals surface area contributed by atoms with Gasteiger partial charge in [0.05, 0.1) is 5.41 Å². The summed E-state index contributed by atoms with van der Waals surface area (Å²) in [5, 5.41) is 0. The number of alkyl halides is 1. The second-order valence-electron chi connectivity index (χ2n) is 6.84. The first-order valence-corrected chi connectivity index (χ1v) is 7.63. The van der Waals surface area contributed by atoms with Crippen LogP contribution in [0.15, 0.2) is 24.3 Å². The van der Waals surface area contributed by atoms with Crippen LogP contribution in [0.2, 0.25) is 0 Å². The van der Waals surface area contributed by atoms with Gasteiger partial charge in [-0.3, -0.25) is 14.5 Å². The quantitative estimate of drug-likeness (QED) is 0.910. The summed E-state index contributed by atoms with van der Waals surface area (Å²) in [5.41, 5.74) is 3.44. The molecule has 23 heavy (non-hydrogen) atoms. The lowest BCUT2D eigenvalue weighted by atomic mass is 9.67. The van der Waals surface area contributed by atoms with Crippen molar-refractivity contribution in [3.05, 3.63) is 36.5 Å². The molecule has 1 aromatic rings. The van der Waals surface area contributed by atoms with Crippen molar-refractivity contribution in [3.8, 4) is 0 Å². The van der Waals surface area contributed by atoms with Crippen LogP contribution in [0.3, 0.4) is 0 Å². The van der Waals surface area contributed by atoms with Crippen molar-refractivity contribution < 1.29 is 18.4 Å². The Hall–Kier alpha value is -1.98. The van der Waals surface area contributed by atoms with Crippen LogP contribution in [0.4, 0.5) is 14.5 Å². The summed E-state index contributed by atoms with van der Waals surface area (Å²) >= 11 is 0. The van der Waals surface area contributed by atoms with Gasteiger partial charge in [-0.05, 0) is 63.3 Å². The third-order valence-electron chi connectivity index (χ3n) is 4.81. The largest absolute Gasteiger partial charge is 0.368 e. The Morgan fingerprint density at radius 2 is 1.96 bits per heavy atom. The number of amides is 2. The third-order valence-corrected chi connectivity index (χ3v) is 4.81. The summed E-state index contributed by atoms with van der Waals surface area (Å²) in [6.45, 7) is 1.47. The minimum atomic E-state index is -1.48. The Balaban J connectivity index is 2.00. The molecule has 0 bridgehead atoms. The number of hydrogen-bond donors (Lipinski definition) is 1. The van der Waals surface area contributed by atoms with Gasteiger partial charge in [-0.2, -0.15) is 0 Å². The Morgan fingerprint density at radius 3 is 2.52 bits per heavy atom. The van der Waals surface area contributed by atoms with Crippen molar-refractivity contribution in [1.82, 2.24) is 0 Å². The van der Waals surface area contributed by atoms with Crippen molar-refractivity contribution >= 4 is 17.5 Å². The SMILES string of the molecule is CC1(F)C[CH]CC2(CC(C(N)=O)N(c3ccc(F)cc3)C2=O)C1. The van der Waals surface area contributed by atoms with Gasteiger partial charge in [-0.25, -0.2) is 8.78 Å². The highest BCUT2D eigenvalue weighted by atomic mass is 19.1. The van der Waals surface area contributed by atoms with Gasteiger partial charge in [0.1, 0.15) is 17.5 Å². The van der Waals surface area contributed by atoms with E-state index in [0.29, 0.717) is 18.5 Å². The summed E-state index contributed by atoms with van der Waals surface area (Å²) in [6.07, 6.45) is 2.74. The zero-order valence-corrected chi connectivity index (χ0v) is 12.9. The lowest BCUT2D eigenvalue weighted by Gasteiger charge is -2.38. The number of nitrogens with zero attached hydrogens (tertiary/aromatic N) is 1. The number of primary amides is 1. The molecular formula is C17H19F2N2O2. The summed E-state index contributed by atoms with van der Waals surface area (Å²) in [7, 11) is 0. The van der Waals surface area contributed by atoms with Gasteiger partial charge >= 0.3 is 0 Å². The predicted octanol–water partition coefficient (Wildman–Crippen LogP) is 2.52. The van der Waals surface area contributed by atoms with Crippen LogP contribution in [0.5, 0.6) is 0 Å². The molecule has 3 rings (SSSR count). The first-order valence-electron chi connectivity index (χ1n) is 7.63. The number of carbonyl (C=O) groups is 2. The third kappa shape index (κ3) is 2.71. The maximum Gasteiger partial charge on any atom is 0.240 e. The summed E-state index contributed by atoms with van der Waals surface area (Å²) in [4.78, 5) is 26.1. The van der Waals surface area contributed by atoms with Crippen molar-refractivity contribution in [2.45, 2.75) is 44.3 Å². The number of nitrogens with two attached hydrogens (primary N) is 1. The van der Waals surface area contributed by atoms with Crippen LogP contribution in [0.1, 0.15) is 32.6 Å². The van der Waals surface area contributed by atoms with Crippen molar-refractivity contribution in [3.63, 3.8) is 0 Å². The zero-order valence-electron chi connectivity index (χ0n) is 12.9. The molecule has 1 aromatic carbocycles. The molecule has 1 aliphatic carbocycles. The van der Waals surface area contributed by atoms with Crippen LogP contribution in [-0.4, -0.2) is 23.5 Å². The lowest BCUT2D eigenvalue weighted by Crippen LogP contribution is -2.44. The zero-order chi connectivity index (χ0) is 16.8. The average Bonchev–Trinajstić information content (AvgIpc) is 2.72. The molecule has 1 spiro atoms. The number of benzene rings is 1. The smallest absolute Gasteiger partial charge is 0.240 e. The van der Waals surface area contributed by atoms with E-state index in [1.54, 1.807) is 6.42 Å². The Kier molecular flexibility index (Phi) is 3.65. The predicted molar refractivity (Wildman–Crippen MR) is 81.6 cm³/mol. The van der Waals surface area contributed by atoms with Crippen molar-refractivity contribution in [2.24, 2.45) is 11.1 Å². The van der Waals surface area contributed by atoms with E-state index in [9.17, 15) is 18.4 Å². The van der Waals surface area contributed by atoms with E-state index in [1.807, 2.05) is 0 Å². The van der Waals surface area contributed by atoms with Gasteiger partial charge in [0.25, 0.3) is 0 Å². The summed E-state index contributed by atoms with van der Waals surface area (Å²) < 4.78 is 27.6. The number of halogens is 2. The Labute approximate surface area is 133 Å². The van der Waals surface area contributed by atoms with Gasteiger partial charge < -0.3 is 5.73 Å². The summed E-state index contributed by atoms with van der Waals surface area (Å²) in [5.74, 6) is -1.38. The highest BCUT2D eigenvalue weighted by Crippen LogP contribution is 2.52. The Morgan fingerprint density at radius 1 is 1.30 bits per heavy atom. The highest BCUT2D eigenvalue weighted by Gasteiger charge is 2.57. The molecule has 2 N–H and O–H groups in total. The molecule has 1 saturated carbocycles. The van der Waals surface area contributed by atoms with Crippen LogP contribution in [0.25, 0.3) is 0 Å². The number of rotatable bonds is 2. The molecule has 1 heterocycles. The minimum absolute atomic E-state index is 0.0663. The fraction of sp³-hybridized carbons (Fsp3) is 0.471. The molecule has 123 valence electrons. The molecule has 1 radical (unpaired) electrons. The Bertz CT molecular complexity index is 644. The van der Waals surface area contributed by atoms with Crippen LogP contribution in [0, 0.1) is 17.7 Å². The topological polar surface area (TPSA) is 63.4 Å². The van der Waals surface area contributed by atoms with E-state index in [2.05, 4.69) is 0 Å². The van der Waals surface area contributed by atoms with E-state index in [-0.39, 0.29) is 18.7 Å². The van der Waals surface area contributed by atoms with E-state index >= 15 is 0 Å². The van der Waals surface area contributed by atoms with Gasteiger partial charge in [0.15, 0.2) is 0 Å². The minimum Gasteiger partial charge on any atom is -0.368 e. The normalized spacial score (nSPS) is 34.1. The van der Waals surface area contributed by atoms with E-state index in [1.165, 1.54) is 36.1 Å². The van der Waals surface area contributed by atoms with Gasteiger partial charge in [-0.1, -0.05) is 0 Å². The molecule has 4 nitrogen and oxygen atoms in total. The van der Waals surface area contributed by atoms with Gasteiger partial charge in [0.2, 0.25) is 11.8 Å². The maximum atomic E-state index is 14.5. The van der Waals surface area contributed by atoms with Gasteiger partial charge in [0, 0.05) is 5.69 Å². The molecule has 2 aliphatic rings. The molecular weight excluding hydrogens is 302 g/mol. The molecule has 2 fully saturated rings. The van der Waals surface area contributed by atoms with Crippen LogP contribution in [-0.2, 0) is 9.59 Å². The molecule has 1 aliphatic heterocycles. The first kappa shape index (κ1) is 15.9. The molecule has 3 unspecified atom stereocenters. The van der Waals surface area contributed by atoms with E-state index in [0.717, 1.165) is 0 Å². The standard InChI is InChI=1S/C17H19F2N2O2/c1-16(19)7-2-8-17(10-16)9-13(14(20)22)21(15(17)23)12-5-3-11(18)4-6-12/h2-6,13H,7-10H2,1H3,(H2,20,22). The van der Waals surface area contributed by atoms with Gasteiger partial charge in [-0.15, -0.1) is 0 Å². The molecule has 2 amide bonds. The van der Waals surface area contributed by atoms with Crippen LogP contribution >= 0.6 is 0 Å². The number of hydrogen-bond acceptors (Lipinski definition) is 2. The number of carbonyl (C=O) groups excluding carboxylic acids is 2. The fourth-order valence-electron chi connectivity index (χ4n) is 3.89. The molecule has 3 atom stereocenters. The second-order valence-corrected chi connectivity index (χ2v) is 6.84. The summed E-state index contributed by atoms with van der Waals surface area (Å²) in [6, 6.07) is 4.47. The maximum absolute atomic E-state index is 14.5. The van der Waals surface area contributed by atoms with E-state index in [4.69, 9.17) is 5.73 Å². The molecule has 6 heteroatoms. The molecule has 0 aromatic heterocycles. The number of anilines is 1. The lowest BCUT2D eigenvalue weighted by molar-refractivity contribution is -0.129. The highest BCUT2D eigenvalue weighted by molar-refractivity contribution is 6.06.